The molecule has 2 N–H and O–H groups in total. The first kappa shape index (κ1) is 18.9. The van der Waals surface area contributed by atoms with Gasteiger partial charge in [0.25, 0.3) is 0 Å². The normalized spacial score (nSPS) is 16.4. The topological polar surface area (TPSA) is 86.7 Å². The average Bonchev–Trinajstić information content (AvgIpc) is 3.48. The second-order valence-corrected chi connectivity index (χ2v) is 11.1. The Morgan fingerprint density at radius 2 is 2.10 bits per heavy atom. The van der Waals surface area contributed by atoms with Crippen LogP contribution in [-0.2, 0) is 17.8 Å². The number of hydrogen-bond acceptors (Lipinski definition) is 7. The largest absolute Gasteiger partial charge is 0.396 e. The van der Waals surface area contributed by atoms with Crippen molar-refractivity contribution in [2.75, 3.05) is 5.73 Å². The summed E-state index contributed by atoms with van der Waals surface area (Å²) in [6, 6.07) is 2.02. The van der Waals surface area contributed by atoms with Crippen LogP contribution in [0.2, 0.25) is 0 Å². The van der Waals surface area contributed by atoms with Crippen LogP contribution in [0.4, 0.5) is 5.69 Å². The van der Waals surface area contributed by atoms with Gasteiger partial charge in [-0.05, 0) is 18.9 Å². The Bertz CT molecular complexity index is 1190. The number of nitrogen functional groups attached to an aromatic ring is 1. The number of pyridine rings is 1. The summed E-state index contributed by atoms with van der Waals surface area (Å²) in [5.41, 5.74) is 9.93. The Balaban J connectivity index is 1.72. The van der Waals surface area contributed by atoms with E-state index in [1.165, 1.54) is 17.8 Å². The van der Waals surface area contributed by atoms with Crippen molar-refractivity contribution in [3.8, 4) is 22.0 Å². The van der Waals surface area contributed by atoms with Gasteiger partial charge in [-0.3, -0.25) is 4.21 Å². The van der Waals surface area contributed by atoms with Crippen molar-refractivity contribution in [1.29, 1.82) is 0 Å². The van der Waals surface area contributed by atoms with E-state index in [2.05, 4.69) is 9.97 Å². The molecule has 0 amide bonds. The molecule has 29 heavy (non-hydrogen) atoms. The van der Waals surface area contributed by atoms with E-state index in [9.17, 15) is 4.21 Å². The molecular weight excluding hydrogens is 422 g/mol. The van der Waals surface area contributed by atoms with Gasteiger partial charge < -0.3 is 10.3 Å². The molecule has 6 nitrogen and oxygen atoms in total. The number of thiazole rings is 1. The summed E-state index contributed by atoms with van der Waals surface area (Å²) < 4.78 is 16.1. The molecule has 0 aliphatic heterocycles. The molecule has 1 fully saturated rings. The third kappa shape index (κ3) is 3.31. The maximum atomic E-state index is 13.4. The Labute approximate surface area is 179 Å². The summed E-state index contributed by atoms with van der Waals surface area (Å²) in [5, 5.41) is 3.87. The summed E-state index contributed by atoms with van der Waals surface area (Å²) in [4.78, 5) is 14.4. The summed E-state index contributed by atoms with van der Waals surface area (Å²) in [7, 11) is 0.860. The van der Waals surface area contributed by atoms with Gasteiger partial charge in [0.15, 0.2) is 0 Å². The number of nitrogens with zero attached hydrogens (tertiary/aromatic N) is 4. The highest BCUT2D eigenvalue weighted by molar-refractivity contribution is 7.88. The van der Waals surface area contributed by atoms with Crippen LogP contribution in [0.25, 0.3) is 32.2 Å². The SMILES string of the molecule is Cn1cncc1-c1cc(-c2nccs2)nc2sc([S@](=O)C3CCCCC3)c(N)c12. The third-order valence-corrected chi connectivity index (χ3v) is 9.54. The summed E-state index contributed by atoms with van der Waals surface area (Å²) in [6.07, 6.45) is 10.9. The van der Waals surface area contributed by atoms with Gasteiger partial charge in [-0.25, -0.2) is 15.0 Å². The van der Waals surface area contributed by atoms with Crippen LogP contribution in [-0.4, -0.2) is 29.0 Å². The Kier molecular flexibility index (Phi) is 4.97. The molecular formula is C20H21N5OS3. The Morgan fingerprint density at radius 1 is 1.28 bits per heavy atom. The highest BCUT2D eigenvalue weighted by atomic mass is 32.2. The number of nitrogens with two attached hydrogens (primary N) is 1. The number of fused-ring (bicyclic) bond motifs is 1. The molecule has 9 heteroatoms. The maximum Gasteiger partial charge on any atom is 0.141 e. The van der Waals surface area contributed by atoms with Crippen LogP contribution in [0.3, 0.4) is 0 Å². The fraction of sp³-hybridized carbons (Fsp3) is 0.350. The molecule has 4 heterocycles. The van der Waals surface area contributed by atoms with Gasteiger partial charge in [-0.15, -0.1) is 22.7 Å². The summed E-state index contributed by atoms with van der Waals surface area (Å²) >= 11 is 3.02. The number of thiophene rings is 1. The number of imidazole rings is 1. The molecule has 1 aliphatic carbocycles. The second-order valence-electron chi connectivity index (χ2n) is 7.32. The molecule has 0 spiro atoms. The molecule has 0 saturated heterocycles. The number of aromatic nitrogens is 4. The number of anilines is 1. The molecule has 4 aromatic rings. The number of aryl methyl sites for hydroxylation is 1. The molecule has 1 atom stereocenters. The van der Waals surface area contributed by atoms with E-state index in [1.54, 1.807) is 23.9 Å². The van der Waals surface area contributed by atoms with Crippen LogP contribution in [0, 0.1) is 0 Å². The molecule has 1 aliphatic rings. The lowest BCUT2D eigenvalue weighted by atomic mass is 10.0. The van der Waals surface area contributed by atoms with E-state index >= 15 is 0 Å². The zero-order valence-electron chi connectivity index (χ0n) is 16.0. The molecule has 4 aromatic heterocycles. The quantitative estimate of drug-likeness (QED) is 0.487. The molecule has 5 rings (SSSR count). The number of hydrogen-bond donors (Lipinski definition) is 1. The van der Waals surface area contributed by atoms with Crippen LogP contribution >= 0.6 is 22.7 Å². The van der Waals surface area contributed by atoms with E-state index in [-0.39, 0.29) is 5.25 Å². The van der Waals surface area contributed by atoms with Crippen molar-refractivity contribution in [1.82, 2.24) is 19.5 Å². The minimum Gasteiger partial charge on any atom is -0.396 e. The van der Waals surface area contributed by atoms with Crippen molar-refractivity contribution in [2.24, 2.45) is 7.05 Å². The van der Waals surface area contributed by atoms with Crippen molar-refractivity contribution >= 4 is 49.4 Å². The monoisotopic (exact) mass is 443 g/mol. The molecule has 1 saturated carbocycles. The van der Waals surface area contributed by atoms with Gasteiger partial charge >= 0.3 is 0 Å². The zero-order valence-corrected chi connectivity index (χ0v) is 18.4. The first-order valence-corrected chi connectivity index (χ1v) is 12.5. The lowest BCUT2D eigenvalue weighted by Gasteiger charge is -2.20. The van der Waals surface area contributed by atoms with Crippen molar-refractivity contribution < 1.29 is 4.21 Å². The lowest BCUT2D eigenvalue weighted by molar-refractivity contribution is 0.505. The van der Waals surface area contributed by atoms with Gasteiger partial charge in [0.05, 0.1) is 34.7 Å². The van der Waals surface area contributed by atoms with E-state index in [0.717, 1.165) is 62.1 Å². The van der Waals surface area contributed by atoms with Crippen molar-refractivity contribution in [3.63, 3.8) is 0 Å². The predicted molar refractivity (Wildman–Crippen MR) is 121 cm³/mol. The van der Waals surface area contributed by atoms with Gasteiger partial charge in [-0.2, -0.15) is 0 Å². The third-order valence-electron chi connectivity index (χ3n) is 5.45. The minimum absolute atomic E-state index is 0.192. The smallest absolute Gasteiger partial charge is 0.141 e. The van der Waals surface area contributed by atoms with Crippen molar-refractivity contribution in [2.45, 2.75) is 41.6 Å². The summed E-state index contributed by atoms with van der Waals surface area (Å²) in [6.45, 7) is 0. The number of rotatable bonds is 4. The highest BCUT2D eigenvalue weighted by Gasteiger charge is 2.27. The standard InChI is InChI=1S/C20H21N5OS3/c1-25-11-22-10-15(25)13-9-14(18-23-7-8-27-18)24-19-16(13)17(21)20(28-19)29(26)12-5-3-2-4-6-12/h7-12H,2-6,21H2,1H3/t29-/m1/s1. The Morgan fingerprint density at radius 3 is 2.79 bits per heavy atom. The van der Waals surface area contributed by atoms with Crippen LogP contribution in [0.15, 0.2) is 34.4 Å². The average molecular weight is 444 g/mol. The first-order chi connectivity index (χ1) is 14.1. The minimum atomic E-state index is -1.10. The lowest BCUT2D eigenvalue weighted by Crippen LogP contribution is -2.18. The van der Waals surface area contributed by atoms with E-state index < -0.39 is 10.8 Å². The van der Waals surface area contributed by atoms with Gasteiger partial charge in [-0.1, -0.05) is 19.3 Å². The molecule has 0 radical (unpaired) electrons. The van der Waals surface area contributed by atoms with Gasteiger partial charge in [0, 0.05) is 34.8 Å². The fourth-order valence-electron chi connectivity index (χ4n) is 3.96. The molecule has 150 valence electrons. The molecule has 0 unspecified atom stereocenters. The zero-order chi connectivity index (χ0) is 20.0. The Hall–Kier alpha value is -2.10. The van der Waals surface area contributed by atoms with E-state index in [1.807, 2.05) is 29.3 Å². The van der Waals surface area contributed by atoms with E-state index in [4.69, 9.17) is 10.7 Å². The first-order valence-electron chi connectivity index (χ1n) is 9.63. The van der Waals surface area contributed by atoms with E-state index in [0.29, 0.717) is 5.69 Å². The molecule has 0 bridgehead atoms. The van der Waals surface area contributed by atoms with Crippen LogP contribution < -0.4 is 5.73 Å². The second kappa shape index (κ2) is 7.62. The van der Waals surface area contributed by atoms with Gasteiger partial charge in [0.2, 0.25) is 0 Å². The highest BCUT2D eigenvalue weighted by Crippen LogP contribution is 2.44. The fourth-order valence-corrected chi connectivity index (χ4v) is 7.77. The van der Waals surface area contributed by atoms with Gasteiger partial charge in [0.1, 0.15) is 19.7 Å². The maximum absolute atomic E-state index is 13.4. The van der Waals surface area contributed by atoms with Crippen LogP contribution in [0.5, 0.6) is 0 Å². The van der Waals surface area contributed by atoms with Crippen LogP contribution in [0.1, 0.15) is 32.1 Å². The predicted octanol–water partition coefficient (Wildman–Crippen LogP) is 4.84. The van der Waals surface area contributed by atoms with Crippen molar-refractivity contribution in [3.05, 3.63) is 30.2 Å². The summed E-state index contributed by atoms with van der Waals surface area (Å²) in [5.74, 6) is 0. The molecule has 0 aromatic carbocycles.